The van der Waals surface area contributed by atoms with Crippen LogP contribution in [-0.4, -0.2) is 10.4 Å². The third-order valence-corrected chi connectivity index (χ3v) is 2.40. The van der Waals surface area contributed by atoms with Crippen LogP contribution < -0.4 is 5.73 Å². The maximum atomic E-state index is 5.93. The third kappa shape index (κ3) is 3.54. The molecule has 3 heteroatoms. The predicted octanol–water partition coefficient (Wildman–Crippen LogP) is 2.86. The molecule has 0 amide bonds. The Balaban J connectivity index is 2.56. The minimum Gasteiger partial charge on any atom is -0.383 e. The van der Waals surface area contributed by atoms with E-state index in [1.165, 1.54) is 0 Å². The number of nitrogens with two attached hydrogens (primary N) is 1. The van der Waals surface area contributed by atoms with Gasteiger partial charge in [0.15, 0.2) is 0 Å². The van der Waals surface area contributed by atoms with Crippen LogP contribution in [0.2, 0.25) is 0 Å². The second-order valence-corrected chi connectivity index (χ2v) is 4.62. The van der Waals surface area contributed by atoms with Gasteiger partial charge in [-0.05, 0) is 37.3 Å². The molecule has 2 unspecified atom stereocenters. The molecule has 0 fully saturated rings. The van der Waals surface area contributed by atoms with Crippen LogP contribution in [0.4, 0.5) is 5.82 Å². The minimum atomic E-state index is 0.225. The molecule has 0 aliphatic rings. The lowest BCUT2D eigenvalue weighted by Crippen LogP contribution is -2.07. The summed E-state index contributed by atoms with van der Waals surface area (Å²) in [5.74, 6) is 1.19. The van der Waals surface area contributed by atoms with E-state index in [1.54, 1.807) is 6.20 Å². The first-order valence-electron chi connectivity index (χ1n) is 4.93. The van der Waals surface area contributed by atoms with Gasteiger partial charge in [-0.25, -0.2) is 4.98 Å². The van der Waals surface area contributed by atoms with Crippen molar-refractivity contribution in [2.24, 2.45) is 5.92 Å². The van der Waals surface area contributed by atoms with Crippen molar-refractivity contribution in [3.05, 3.63) is 23.9 Å². The van der Waals surface area contributed by atoms with E-state index >= 15 is 0 Å². The number of nitrogens with zero attached hydrogens (tertiary/aromatic N) is 1. The van der Waals surface area contributed by atoms with Crippen molar-refractivity contribution in [2.75, 3.05) is 5.73 Å². The maximum Gasteiger partial charge on any atom is 0.126 e. The largest absolute Gasteiger partial charge is 0.383 e. The second kappa shape index (κ2) is 5.20. The highest BCUT2D eigenvalue weighted by molar-refractivity contribution is 6.20. The van der Waals surface area contributed by atoms with E-state index in [9.17, 15) is 0 Å². The Morgan fingerprint density at radius 1 is 1.50 bits per heavy atom. The molecule has 1 heterocycles. The highest BCUT2D eigenvalue weighted by Gasteiger charge is 2.09. The Morgan fingerprint density at radius 2 is 2.21 bits per heavy atom. The van der Waals surface area contributed by atoms with Crippen molar-refractivity contribution in [3.63, 3.8) is 0 Å². The number of hydrogen-bond acceptors (Lipinski definition) is 2. The zero-order chi connectivity index (χ0) is 10.6. The van der Waals surface area contributed by atoms with Crippen molar-refractivity contribution in [1.29, 1.82) is 0 Å². The summed E-state index contributed by atoms with van der Waals surface area (Å²) in [6, 6.07) is 3.94. The van der Waals surface area contributed by atoms with E-state index in [2.05, 4.69) is 11.9 Å². The molecule has 2 N–H and O–H groups in total. The van der Waals surface area contributed by atoms with Gasteiger partial charge in [-0.1, -0.05) is 13.0 Å². The molecule has 1 aromatic heterocycles. The smallest absolute Gasteiger partial charge is 0.126 e. The Morgan fingerprint density at radius 3 is 2.79 bits per heavy atom. The number of alkyl halides is 1. The molecule has 14 heavy (non-hydrogen) atoms. The van der Waals surface area contributed by atoms with E-state index in [1.807, 2.05) is 19.1 Å². The summed E-state index contributed by atoms with van der Waals surface area (Å²) in [6.07, 6.45) is 3.68. The van der Waals surface area contributed by atoms with Crippen LogP contribution in [0.25, 0.3) is 0 Å². The standard InChI is InChI=1S/C11H17ClN2/c1-8(6-9(2)12)7-10-4-3-5-14-11(10)13/h3-5,8-9H,6-7H2,1-2H3,(H2,13,14). The molecule has 0 radical (unpaired) electrons. The van der Waals surface area contributed by atoms with Gasteiger partial charge in [-0.3, -0.25) is 0 Å². The van der Waals surface area contributed by atoms with Gasteiger partial charge >= 0.3 is 0 Å². The SMILES string of the molecule is CC(Cl)CC(C)Cc1cccnc1N. The molecule has 0 aliphatic heterocycles. The molecule has 2 nitrogen and oxygen atoms in total. The fourth-order valence-corrected chi connectivity index (χ4v) is 1.94. The van der Waals surface area contributed by atoms with Crippen LogP contribution in [0.1, 0.15) is 25.8 Å². The van der Waals surface area contributed by atoms with Gasteiger partial charge in [0.1, 0.15) is 5.82 Å². The molecule has 1 rings (SSSR count). The highest BCUT2D eigenvalue weighted by Crippen LogP contribution is 2.18. The van der Waals surface area contributed by atoms with Gasteiger partial charge in [0.05, 0.1) is 0 Å². The molecule has 0 aliphatic carbocycles. The summed E-state index contributed by atoms with van der Waals surface area (Å²) in [5.41, 5.74) is 6.88. The van der Waals surface area contributed by atoms with Crippen LogP contribution >= 0.6 is 11.6 Å². The van der Waals surface area contributed by atoms with Crippen LogP contribution in [0.3, 0.4) is 0 Å². The summed E-state index contributed by atoms with van der Waals surface area (Å²) < 4.78 is 0. The van der Waals surface area contributed by atoms with Crippen molar-refractivity contribution in [1.82, 2.24) is 4.98 Å². The lowest BCUT2D eigenvalue weighted by Gasteiger charge is -2.13. The fraction of sp³-hybridized carbons (Fsp3) is 0.545. The summed E-state index contributed by atoms with van der Waals surface area (Å²) in [7, 11) is 0. The first-order chi connectivity index (χ1) is 6.59. The van der Waals surface area contributed by atoms with Crippen molar-refractivity contribution < 1.29 is 0 Å². The average Bonchev–Trinajstić information content (AvgIpc) is 2.07. The summed E-state index contributed by atoms with van der Waals surface area (Å²) in [5, 5.41) is 0.225. The molecule has 0 aromatic carbocycles. The Kier molecular flexibility index (Phi) is 4.21. The van der Waals surface area contributed by atoms with Gasteiger partial charge in [0.2, 0.25) is 0 Å². The summed E-state index contributed by atoms with van der Waals surface area (Å²) >= 11 is 5.93. The summed E-state index contributed by atoms with van der Waals surface area (Å²) in [4.78, 5) is 4.06. The first-order valence-corrected chi connectivity index (χ1v) is 5.36. The monoisotopic (exact) mass is 212 g/mol. The maximum absolute atomic E-state index is 5.93. The van der Waals surface area contributed by atoms with Gasteiger partial charge in [0, 0.05) is 11.6 Å². The van der Waals surface area contributed by atoms with Gasteiger partial charge in [0.25, 0.3) is 0 Å². The number of pyridine rings is 1. The van der Waals surface area contributed by atoms with Crippen LogP contribution in [0.15, 0.2) is 18.3 Å². The van der Waals surface area contributed by atoms with Crippen molar-refractivity contribution >= 4 is 17.4 Å². The molecule has 0 spiro atoms. The number of nitrogen functional groups attached to an aromatic ring is 1. The van der Waals surface area contributed by atoms with Crippen molar-refractivity contribution in [2.45, 2.75) is 32.1 Å². The first kappa shape index (κ1) is 11.3. The lowest BCUT2D eigenvalue weighted by molar-refractivity contribution is 0.526. The lowest BCUT2D eigenvalue weighted by atomic mass is 9.97. The van der Waals surface area contributed by atoms with E-state index in [0.717, 1.165) is 18.4 Å². The normalized spacial score (nSPS) is 15.1. The van der Waals surface area contributed by atoms with Crippen LogP contribution in [-0.2, 0) is 6.42 Å². The average molecular weight is 213 g/mol. The Labute approximate surface area is 90.5 Å². The second-order valence-electron chi connectivity index (χ2n) is 3.87. The summed E-state index contributed by atoms with van der Waals surface area (Å²) in [6.45, 7) is 4.20. The molecule has 1 aromatic rings. The van der Waals surface area contributed by atoms with E-state index in [-0.39, 0.29) is 5.38 Å². The van der Waals surface area contributed by atoms with Gasteiger partial charge in [-0.15, -0.1) is 11.6 Å². The zero-order valence-corrected chi connectivity index (χ0v) is 9.46. The predicted molar refractivity (Wildman–Crippen MR) is 61.4 cm³/mol. The Hall–Kier alpha value is -0.760. The minimum absolute atomic E-state index is 0.225. The zero-order valence-electron chi connectivity index (χ0n) is 8.70. The number of rotatable bonds is 4. The number of hydrogen-bond donors (Lipinski definition) is 1. The molecule has 78 valence electrons. The van der Waals surface area contributed by atoms with Crippen LogP contribution in [0.5, 0.6) is 0 Å². The third-order valence-electron chi connectivity index (χ3n) is 2.22. The molecule has 0 saturated carbocycles. The number of aromatic nitrogens is 1. The Bertz CT molecular complexity index is 286. The van der Waals surface area contributed by atoms with Crippen LogP contribution in [0, 0.1) is 5.92 Å². The molecular weight excluding hydrogens is 196 g/mol. The van der Waals surface area contributed by atoms with E-state index < -0.39 is 0 Å². The highest BCUT2D eigenvalue weighted by atomic mass is 35.5. The van der Waals surface area contributed by atoms with E-state index in [0.29, 0.717) is 11.7 Å². The molecular formula is C11H17ClN2. The topological polar surface area (TPSA) is 38.9 Å². The fourth-order valence-electron chi connectivity index (χ4n) is 1.64. The molecule has 0 saturated heterocycles. The molecule has 2 atom stereocenters. The quantitative estimate of drug-likeness (QED) is 0.780. The van der Waals surface area contributed by atoms with Crippen molar-refractivity contribution in [3.8, 4) is 0 Å². The van der Waals surface area contributed by atoms with Gasteiger partial charge in [-0.2, -0.15) is 0 Å². The number of halogens is 1. The van der Waals surface area contributed by atoms with Gasteiger partial charge < -0.3 is 5.73 Å². The van der Waals surface area contributed by atoms with E-state index in [4.69, 9.17) is 17.3 Å². The molecule has 0 bridgehead atoms. The number of anilines is 1.